The van der Waals surface area contributed by atoms with Gasteiger partial charge >= 0.3 is 5.97 Å². The molecule has 30 heavy (non-hydrogen) atoms. The Kier molecular flexibility index (Phi) is 7.35. The number of aromatic nitrogens is 1. The van der Waals surface area contributed by atoms with Gasteiger partial charge in [-0.15, -0.1) is 0 Å². The van der Waals surface area contributed by atoms with Crippen molar-refractivity contribution in [2.75, 3.05) is 30.8 Å². The molecule has 0 bridgehead atoms. The third kappa shape index (κ3) is 5.45. The molecule has 0 saturated heterocycles. The van der Waals surface area contributed by atoms with Gasteiger partial charge in [0.25, 0.3) is 0 Å². The Morgan fingerprint density at radius 2 is 1.67 bits per heavy atom. The summed E-state index contributed by atoms with van der Waals surface area (Å²) in [6.07, 6.45) is 1.29. The number of amides is 2. The predicted octanol–water partition coefficient (Wildman–Crippen LogP) is 1.42. The van der Waals surface area contributed by atoms with Crippen LogP contribution >= 0.6 is 0 Å². The number of nitrogens with zero attached hydrogens (tertiary/aromatic N) is 2. The molecule has 2 aromatic rings. The minimum Gasteiger partial charge on any atom is -0.464 e. The van der Waals surface area contributed by atoms with Crippen LogP contribution in [0.25, 0.3) is 0 Å². The van der Waals surface area contributed by atoms with Crippen molar-refractivity contribution in [3.05, 3.63) is 42.2 Å². The second-order valence-electron chi connectivity index (χ2n) is 6.40. The van der Waals surface area contributed by atoms with Gasteiger partial charge in [-0.05, 0) is 30.3 Å². The fourth-order valence-electron chi connectivity index (χ4n) is 2.70. The number of carbonyl (C=O) groups excluding carboxylic acids is 3. The number of ether oxygens (including phenoxy) is 1. The number of methoxy groups -OCH3 is 1. The largest absolute Gasteiger partial charge is 0.464 e. The summed E-state index contributed by atoms with van der Waals surface area (Å²) in [5.41, 5.74) is 1.11. The molecule has 2 N–H and O–H groups in total. The van der Waals surface area contributed by atoms with E-state index in [0.717, 1.165) is 4.31 Å². The van der Waals surface area contributed by atoms with Crippen molar-refractivity contribution < 1.29 is 27.5 Å². The van der Waals surface area contributed by atoms with Gasteiger partial charge in [0.2, 0.25) is 21.8 Å². The number of rotatable bonds is 8. The van der Waals surface area contributed by atoms with Crippen molar-refractivity contribution in [3.8, 4) is 0 Å². The first-order valence-corrected chi connectivity index (χ1v) is 10.4. The zero-order valence-electron chi connectivity index (χ0n) is 17.1. The topological polar surface area (TPSA) is 127 Å². The van der Waals surface area contributed by atoms with E-state index in [4.69, 9.17) is 0 Å². The third-order valence-electron chi connectivity index (χ3n) is 4.17. The molecule has 1 heterocycles. The molecular formula is C19H24N4O6S. The molecule has 0 radical (unpaired) electrons. The van der Waals surface area contributed by atoms with Gasteiger partial charge in [0.15, 0.2) is 0 Å². The van der Waals surface area contributed by atoms with E-state index in [0.29, 0.717) is 11.4 Å². The van der Waals surface area contributed by atoms with Gasteiger partial charge in [0.1, 0.15) is 10.6 Å². The summed E-state index contributed by atoms with van der Waals surface area (Å²) >= 11 is 0. The van der Waals surface area contributed by atoms with Crippen LogP contribution in [0, 0.1) is 0 Å². The van der Waals surface area contributed by atoms with Gasteiger partial charge < -0.3 is 19.9 Å². The van der Waals surface area contributed by atoms with E-state index < -0.39 is 28.4 Å². The van der Waals surface area contributed by atoms with Gasteiger partial charge in [-0.1, -0.05) is 6.92 Å². The summed E-state index contributed by atoms with van der Waals surface area (Å²) in [4.78, 5) is 35.1. The van der Waals surface area contributed by atoms with E-state index in [9.17, 15) is 22.8 Å². The second kappa shape index (κ2) is 9.55. The summed E-state index contributed by atoms with van der Waals surface area (Å²) < 4.78 is 32.8. The first-order chi connectivity index (χ1) is 14.1. The molecule has 0 saturated carbocycles. The minimum absolute atomic E-state index is 0.0552. The monoisotopic (exact) mass is 436 g/mol. The Morgan fingerprint density at radius 3 is 2.17 bits per heavy atom. The highest BCUT2D eigenvalue weighted by Crippen LogP contribution is 2.19. The van der Waals surface area contributed by atoms with Crippen LogP contribution < -0.4 is 10.6 Å². The van der Waals surface area contributed by atoms with Crippen molar-refractivity contribution in [3.63, 3.8) is 0 Å². The van der Waals surface area contributed by atoms with Gasteiger partial charge in [0, 0.05) is 38.1 Å². The van der Waals surface area contributed by atoms with Crippen molar-refractivity contribution in [2.24, 2.45) is 7.05 Å². The van der Waals surface area contributed by atoms with Crippen LogP contribution in [0.4, 0.5) is 11.4 Å². The maximum Gasteiger partial charge on any atom is 0.354 e. The summed E-state index contributed by atoms with van der Waals surface area (Å²) in [5, 5.41) is 5.23. The number of hydrogen-bond acceptors (Lipinski definition) is 6. The van der Waals surface area contributed by atoms with Gasteiger partial charge in [-0.3, -0.25) is 9.59 Å². The zero-order chi connectivity index (χ0) is 22.5. The molecule has 1 aromatic heterocycles. The molecule has 0 atom stereocenters. The summed E-state index contributed by atoms with van der Waals surface area (Å²) in [5.74, 6) is -1.41. The lowest BCUT2D eigenvalue weighted by Gasteiger charge is -2.19. The van der Waals surface area contributed by atoms with E-state index in [1.54, 1.807) is 31.2 Å². The number of sulfonamides is 1. The summed E-state index contributed by atoms with van der Waals surface area (Å²) in [6, 6.07) is 7.62. The van der Waals surface area contributed by atoms with Gasteiger partial charge in [-0.2, -0.15) is 4.31 Å². The SMILES string of the molecule is CCN(CC(=O)Nc1ccc(NC(C)=O)cc1)S(=O)(=O)c1cc(C(=O)OC)n(C)c1. The average Bonchev–Trinajstić information content (AvgIpc) is 3.09. The van der Waals surface area contributed by atoms with Crippen LogP contribution in [0.1, 0.15) is 24.3 Å². The van der Waals surface area contributed by atoms with Crippen LogP contribution in [0.5, 0.6) is 0 Å². The number of esters is 1. The Hall–Kier alpha value is -3.18. The Morgan fingerprint density at radius 1 is 1.10 bits per heavy atom. The molecule has 0 fully saturated rings. The van der Waals surface area contributed by atoms with Crippen molar-refractivity contribution in [1.29, 1.82) is 0 Å². The molecule has 2 amide bonds. The van der Waals surface area contributed by atoms with E-state index in [2.05, 4.69) is 15.4 Å². The Labute approximate surface area is 174 Å². The molecule has 162 valence electrons. The maximum absolute atomic E-state index is 12.9. The fourth-order valence-corrected chi connectivity index (χ4v) is 4.18. The number of likely N-dealkylation sites (N-methyl/N-ethyl adjacent to an activating group) is 1. The minimum atomic E-state index is -4.01. The molecule has 2 rings (SSSR count). The van der Waals surface area contributed by atoms with Gasteiger partial charge in [-0.25, -0.2) is 13.2 Å². The van der Waals surface area contributed by atoms with E-state index in [-0.39, 0.29) is 23.0 Å². The smallest absolute Gasteiger partial charge is 0.354 e. The van der Waals surface area contributed by atoms with Gasteiger partial charge in [0.05, 0.1) is 13.7 Å². The molecule has 0 aliphatic heterocycles. The quantitative estimate of drug-likeness (QED) is 0.603. The normalized spacial score (nSPS) is 11.2. The summed E-state index contributed by atoms with van der Waals surface area (Å²) in [7, 11) is -1.28. The number of aryl methyl sites for hydroxylation is 1. The van der Waals surface area contributed by atoms with E-state index >= 15 is 0 Å². The van der Waals surface area contributed by atoms with Crippen LogP contribution in [-0.2, 0) is 31.4 Å². The average molecular weight is 436 g/mol. The van der Waals surface area contributed by atoms with Crippen LogP contribution in [0.15, 0.2) is 41.4 Å². The molecule has 10 nitrogen and oxygen atoms in total. The number of hydrogen-bond donors (Lipinski definition) is 2. The highest BCUT2D eigenvalue weighted by Gasteiger charge is 2.28. The number of anilines is 2. The molecule has 0 aliphatic rings. The van der Waals surface area contributed by atoms with Crippen molar-refractivity contribution in [1.82, 2.24) is 8.87 Å². The Bertz CT molecular complexity index is 1040. The van der Waals surface area contributed by atoms with Crippen molar-refractivity contribution >= 4 is 39.2 Å². The number of carbonyl (C=O) groups is 3. The lowest BCUT2D eigenvalue weighted by atomic mass is 10.2. The van der Waals surface area contributed by atoms with Crippen LogP contribution in [-0.4, -0.2) is 55.3 Å². The van der Waals surface area contributed by atoms with Crippen LogP contribution in [0.2, 0.25) is 0 Å². The lowest BCUT2D eigenvalue weighted by molar-refractivity contribution is -0.116. The zero-order valence-corrected chi connectivity index (χ0v) is 17.9. The van der Waals surface area contributed by atoms with Crippen LogP contribution in [0.3, 0.4) is 0 Å². The lowest BCUT2D eigenvalue weighted by Crippen LogP contribution is -2.37. The number of nitrogens with one attached hydrogen (secondary N) is 2. The van der Waals surface area contributed by atoms with Crippen molar-refractivity contribution in [2.45, 2.75) is 18.7 Å². The standard InChI is InChI=1S/C19H24N4O6S/c1-5-23(30(27,28)16-10-17(19(26)29-4)22(3)11-16)12-18(25)21-15-8-6-14(7-9-15)20-13(2)24/h6-11H,5,12H2,1-4H3,(H,20,24)(H,21,25). The first kappa shape index (κ1) is 23.1. The summed E-state index contributed by atoms with van der Waals surface area (Å²) in [6.45, 7) is 2.64. The second-order valence-corrected chi connectivity index (χ2v) is 8.34. The van der Waals surface area contributed by atoms with E-state index in [1.807, 2.05) is 0 Å². The number of benzene rings is 1. The molecule has 0 spiro atoms. The first-order valence-electron chi connectivity index (χ1n) is 9.00. The Balaban J connectivity index is 2.12. The van der Waals surface area contributed by atoms with E-state index in [1.165, 1.54) is 37.9 Å². The molecule has 11 heteroatoms. The fraction of sp³-hybridized carbons (Fsp3) is 0.316. The highest BCUT2D eigenvalue weighted by atomic mass is 32.2. The third-order valence-corrected chi connectivity index (χ3v) is 6.06. The molecule has 0 unspecified atom stereocenters. The molecule has 1 aromatic carbocycles. The molecule has 0 aliphatic carbocycles. The maximum atomic E-state index is 12.9. The molecular weight excluding hydrogens is 412 g/mol. The predicted molar refractivity (Wildman–Crippen MR) is 111 cm³/mol. The highest BCUT2D eigenvalue weighted by molar-refractivity contribution is 7.89.